The summed E-state index contributed by atoms with van der Waals surface area (Å²) in [5.74, 6) is -0.996. The van der Waals surface area contributed by atoms with Crippen molar-refractivity contribution in [1.29, 1.82) is 0 Å². The molecule has 0 saturated heterocycles. The van der Waals surface area contributed by atoms with Crippen LogP contribution >= 0.6 is 15.9 Å². The van der Waals surface area contributed by atoms with Crippen molar-refractivity contribution in [2.75, 3.05) is 5.73 Å². The molecule has 0 spiro atoms. The van der Waals surface area contributed by atoms with Crippen LogP contribution in [0.3, 0.4) is 0 Å². The van der Waals surface area contributed by atoms with Crippen LogP contribution in [0.15, 0.2) is 10.5 Å². The number of fused-ring (bicyclic) bond motifs is 1. The molecule has 0 aliphatic heterocycles. The molecule has 4 rings (SSSR count). The van der Waals surface area contributed by atoms with Crippen LogP contribution in [0.25, 0.3) is 0 Å². The van der Waals surface area contributed by atoms with Crippen molar-refractivity contribution in [1.82, 2.24) is 4.98 Å². The van der Waals surface area contributed by atoms with Crippen molar-refractivity contribution < 1.29 is 18.0 Å². The van der Waals surface area contributed by atoms with E-state index in [-0.39, 0.29) is 42.3 Å². The Balaban J connectivity index is 1.88. The van der Waals surface area contributed by atoms with Gasteiger partial charge in [0.25, 0.3) is 0 Å². The molecule has 0 radical (unpaired) electrons. The first kappa shape index (κ1) is 14.8. The maximum atomic E-state index is 13.1. The van der Waals surface area contributed by atoms with E-state index in [2.05, 4.69) is 20.9 Å². The molecule has 2 N–H and O–H groups in total. The van der Waals surface area contributed by atoms with Crippen LogP contribution in [-0.2, 0) is 0 Å². The number of nitrogens with zero attached hydrogens (tertiary/aromatic N) is 1. The molecule has 0 amide bonds. The Kier molecular flexibility index (Phi) is 3.13. The first-order valence-electron chi connectivity index (χ1n) is 6.68. The van der Waals surface area contributed by atoms with E-state index in [1.54, 1.807) is 13.0 Å². The number of nitrogens with two attached hydrogens (primary N) is 1. The Hall–Kier alpha value is -1.11. The standard InChI is InChI=1S/C14H14BrF3N2O/c1-6-10(15)2-8(12(19)20-6)11(21)9-5-13(14(16,17)18)3-7(9)4-13/h2,7,9H,3-5H2,1H3,(H2,19,20)/t7?,9-,13?/m0/s1. The Bertz CT molecular complexity index is 623. The number of pyridine rings is 1. The zero-order chi connectivity index (χ0) is 15.6. The van der Waals surface area contributed by atoms with Crippen LogP contribution in [0.4, 0.5) is 19.0 Å². The Labute approximate surface area is 128 Å². The molecule has 3 aliphatic rings. The third kappa shape index (κ3) is 2.08. The maximum Gasteiger partial charge on any atom is 0.394 e. The van der Waals surface area contributed by atoms with Crippen molar-refractivity contribution in [3.8, 4) is 0 Å². The highest BCUT2D eigenvalue weighted by Gasteiger charge is 2.69. The molecule has 3 saturated carbocycles. The smallest absolute Gasteiger partial charge is 0.383 e. The van der Waals surface area contributed by atoms with Gasteiger partial charge in [-0.25, -0.2) is 4.98 Å². The first-order valence-corrected chi connectivity index (χ1v) is 7.47. The van der Waals surface area contributed by atoms with E-state index in [9.17, 15) is 18.0 Å². The van der Waals surface area contributed by atoms with Gasteiger partial charge in [0.1, 0.15) is 5.82 Å². The van der Waals surface area contributed by atoms with Gasteiger partial charge in [0.15, 0.2) is 5.78 Å². The molecule has 3 aliphatic carbocycles. The molecule has 1 aromatic rings. The van der Waals surface area contributed by atoms with Gasteiger partial charge in [0, 0.05) is 10.4 Å². The molecular formula is C14H14BrF3N2O. The fraction of sp³-hybridized carbons (Fsp3) is 0.571. The maximum absolute atomic E-state index is 13.1. The van der Waals surface area contributed by atoms with Crippen LogP contribution in [0.1, 0.15) is 35.3 Å². The van der Waals surface area contributed by atoms with Crippen LogP contribution in [0, 0.1) is 24.2 Å². The largest absolute Gasteiger partial charge is 0.394 e. The minimum absolute atomic E-state index is 0.0628. The molecule has 1 atom stereocenters. The molecule has 2 bridgehead atoms. The predicted octanol–water partition coefficient (Wildman–Crippen LogP) is 3.90. The zero-order valence-corrected chi connectivity index (χ0v) is 12.9. The lowest BCUT2D eigenvalue weighted by Gasteiger charge is -2.39. The van der Waals surface area contributed by atoms with Gasteiger partial charge in [-0.2, -0.15) is 13.2 Å². The molecule has 1 aromatic heterocycles. The molecular weight excluding hydrogens is 349 g/mol. The summed E-state index contributed by atoms with van der Waals surface area (Å²) >= 11 is 3.27. The molecule has 114 valence electrons. The van der Waals surface area contributed by atoms with E-state index in [0.29, 0.717) is 10.2 Å². The third-order valence-electron chi connectivity index (χ3n) is 4.87. The molecule has 3 nitrogen and oxygen atoms in total. The number of nitrogen functional groups attached to an aromatic ring is 1. The molecule has 0 aromatic carbocycles. The number of anilines is 1. The topological polar surface area (TPSA) is 56.0 Å². The fourth-order valence-electron chi connectivity index (χ4n) is 3.63. The van der Waals surface area contributed by atoms with Gasteiger partial charge >= 0.3 is 6.18 Å². The third-order valence-corrected chi connectivity index (χ3v) is 5.67. The summed E-state index contributed by atoms with van der Waals surface area (Å²) in [6.45, 7) is 1.74. The summed E-state index contributed by atoms with van der Waals surface area (Å²) in [5.41, 5.74) is 4.98. The predicted molar refractivity (Wildman–Crippen MR) is 74.7 cm³/mol. The van der Waals surface area contributed by atoms with E-state index in [4.69, 9.17) is 5.73 Å². The highest BCUT2D eigenvalue weighted by Crippen LogP contribution is 2.68. The molecule has 1 heterocycles. The van der Waals surface area contributed by atoms with Crippen LogP contribution in [-0.4, -0.2) is 16.9 Å². The summed E-state index contributed by atoms with van der Waals surface area (Å²) in [7, 11) is 0. The molecule has 3 fully saturated rings. The number of aryl methyl sites for hydroxylation is 1. The minimum Gasteiger partial charge on any atom is -0.383 e. The van der Waals surface area contributed by atoms with E-state index in [1.165, 1.54) is 0 Å². The average molecular weight is 363 g/mol. The second-order valence-corrected chi connectivity index (χ2v) is 6.96. The highest BCUT2D eigenvalue weighted by molar-refractivity contribution is 9.10. The second-order valence-electron chi connectivity index (χ2n) is 6.11. The van der Waals surface area contributed by atoms with E-state index >= 15 is 0 Å². The number of carbonyl (C=O) groups is 1. The summed E-state index contributed by atoms with van der Waals surface area (Å²) in [4.78, 5) is 16.6. The number of ketones is 1. The van der Waals surface area contributed by atoms with Crippen molar-refractivity contribution >= 4 is 27.5 Å². The first-order chi connectivity index (χ1) is 9.64. The summed E-state index contributed by atoms with van der Waals surface area (Å²) in [6.07, 6.45) is -4.22. The lowest BCUT2D eigenvalue weighted by atomic mass is 9.68. The Morgan fingerprint density at radius 2 is 2.05 bits per heavy atom. The number of rotatable bonds is 2. The van der Waals surface area contributed by atoms with Crippen molar-refractivity contribution in [3.05, 3.63) is 21.8 Å². The summed E-state index contributed by atoms with van der Waals surface area (Å²) in [6, 6.07) is 1.57. The number of aromatic nitrogens is 1. The SMILES string of the molecule is Cc1nc(N)c(C(=O)[C@H]2CC3(C(F)(F)F)CC2C3)cc1Br. The van der Waals surface area contributed by atoms with Crippen molar-refractivity contribution in [3.63, 3.8) is 0 Å². The molecule has 0 unspecified atom stereocenters. The van der Waals surface area contributed by atoms with Crippen LogP contribution < -0.4 is 5.73 Å². The fourth-order valence-corrected chi connectivity index (χ4v) is 3.95. The number of hydrogen-bond donors (Lipinski definition) is 1. The van der Waals surface area contributed by atoms with Crippen LogP contribution in [0.5, 0.6) is 0 Å². The van der Waals surface area contributed by atoms with E-state index in [1.807, 2.05) is 0 Å². The lowest BCUT2D eigenvalue weighted by molar-refractivity contribution is -0.244. The number of carbonyl (C=O) groups excluding carboxylic acids is 1. The van der Waals surface area contributed by atoms with Crippen molar-refractivity contribution in [2.45, 2.75) is 32.4 Å². The van der Waals surface area contributed by atoms with Gasteiger partial charge in [0.2, 0.25) is 0 Å². The van der Waals surface area contributed by atoms with Gasteiger partial charge in [-0.3, -0.25) is 4.79 Å². The van der Waals surface area contributed by atoms with Crippen molar-refractivity contribution in [2.24, 2.45) is 17.3 Å². The minimum atomic E-state index is -4.23. The molecule has 21 heavy (non-hydrogen) atoms. The number of alkyl halides is 3. The summed E-state index contributed by atoms with van der Waals surface area (Å²) in [5, 5.41) is 0. The van der Waals surface area contributed by atoms with Gasteiger partial charge in [-0.15, -0.1) is 0 Å². The number of hydrogen-bond acceptors (Lipinski definition) is 3. The Morgan fingerprint density at radius 3 is 2.57 bits per heavy atom. The second kappa shape index (κ2) is 4.44. The Morgan fingerprint density at radius 1 is 1.43 bits per heavy atom. The van der Waals surface area contributed by atoms with Gasteiger partial charge < -0.3 is 5.73 Å². The zero-order valence-electron chi connectivity index (χ0n) is 11.3. The number of halogens is 4. The van der Waals surface area contributed by atoms with Gasteiger partial charge in [0.05, 0.1) is 16.7 Å². The highest BCUT2D eigenvalue weighted by atomic mass is 79.9. The monoisotopic (exact) mass is 362 g/mol. The lowest BCUT2D eigenvalue weighted by Crippen LogP contribution is -2.42. The van der Waals surface area contributed by atoms with Gasteiger partial charge in [-0.1, -0.05) is 0 Å². The van der Waals surface area contributed by atoms with Gasteiger partial charge in [-0.05, 0) is 54.1 Å². The van der Waals surface area contributed by atoms with E-state index in [0.717, 1.165) is 0 Å². The quantitative estimate of drug-likeness (QED) is 0.811. The normalized spacial score (nSPS) is 31.1. The average Bonchev–Trinajstić information content (AvgIpc) is 2.88. The summed E-state index contributed by atoms with van der Waals surface area (Å²) < 4.78 is 39.8. The molecule has 7 heteroatoms. The van der Waals surface area contributed by atoms with Crippen LogP contribution in [0.2, 0.25) is 0 Å². The number of Topliss-reactive ketones (excluding diaryl/α,β-unsaturated/α-hetero) is 1. The van der Waals surface area contributed by atoms with E-state index < -0.39 is 17.5 Å².